The van der Waals surface area contributed by atoms with Crippen LogP contribution in [-0.4, -0.2) is 49.1 Å². The molecular formula is C22H32FN7O. The monoisotopic (exact) mass is 429 g/mol. The van der Waals surface area contributed by atoms with Crippen molar-refractivity contribution >= 4 is 11.8 Å². The maximum atomic E-state index is 13.2. The number of aryl methyl sites for hydroxylation is 1. The number of anilines is 1. The minimum Gasteiger partial charge on any atom is -0.382 e. The number of halogens is 1. The Balaban J connectivity index is 1.80. The average Bonchev–Trinajstić information content (AvgIpc) is 3.07. The number of guanidine groups is 1. The summed E-state index contributed by atoms with van der Waals surface area (Å²) in [6.07, 6.45) is 2.22. The van der Waals surface area contributed by atoms with E-state index in [1.165, 1.54) is 16.8 Å². The van der Waals surface area contributed by atoms with Crippen LogP contribution in [0.4, 0.5) is 10.2 Å². The van der Waals surface area contributed by atoms with E-state index in [2.05, 4.69) is 40.6 Å². The molecule has 0 aliphatic rings. The first-order valence-corrected chi connectivity index (χ1v) is 10.5. The average molecular weight is 430 g/mol. The normalized spacial score (nSPS) is 11.5. The largest absolute Gasteiger partial charge is 0.382 e. The number of hydrogen-bond acceptors (Lipinski definition) is 5. The number of nitrogens with one attached hydrogen (secondary N) is 2. The van der Waals surface area contributed by atoms with Crippen LogP contribution in [0.2, 0.25) is 0 Å². The van der Waals surface area contributed by atoms with Crippen LogP contribution in [-0.2, 0) is 11.2 Å². The first kappa shape index (κ1) is 24.2. The third kappa shape index (κ3) is 7.57. The van der Waals surface area contributed by atoms with Gasteiger partial charge in [0.2, 0.25) is 0 Å². The van der Waals surface area contributed by atoms with E-state index in [4.69, 9.17) is 10.5 Å². The molecule has 4 N–H and O–H groups in total. The lowest BCUT2D eigenvalue weighted by molar-refractivity contribution is 0.108. The van der Waals surface area contributed by atoms with Gasteiger partial charge in [-0.3, -0.25) is 4.99 Å². The van der Waals surface area contributed by atoms with Crippen molar-refractivity contribution in [2.45, 2.75) is 33.1 Å². The zero-order valence-electron chi connectivity index (χ0n) is 18.5. The van der Waals surface area contributed by atoms with E-state index in [1.807, 2.05) is 0 Å². The van der Waals surface area contributed by atoms with Crippen LogP contribution in [0.3, 0.4) is 0 Å². The van der Waals surface area contributed by atoms with Crippen molar-refractivity contribution < 1.29 is 9.13 Å². The van der Waals surface area contributed by atoms with Crippen molar-refractivity contribution in [2.24, 2.45) is 10.9 Å². The standard InChI is InChI=1S/C22H32FN7O/c1-16(2)15-31-13-5-12-28-22(26-3)27-11-4-6-20-19(14-24)21(25)30(29-20)18-9-7-17(23)8-10-18/h7-10,16H,4-6,11-13,15,25H2,1-3H3,(H2,26,27,28). The van der Waals surface area contributed by atoms with Gasteiger partial charge in [0.15, 0.2) is 5.96 Å². The summed E-state index contributed by atoms with van der Waals surface area (Å²) < 4.78 is 20.2. The molecule has 0 spiro atoms. The quantitative estimate of drug-likeness (QED) is 0.287. The van der Waals surface area contributed by atoms with Crippen molar-refractivity contribution in [1.82, 2.24) is 20.4 Å². The Kier molecular flexibility index (Phi) is 9.78. The van der Waals surface area contributed by atoms with E-state index >= 15 is 0 Å². The number of benzene rings is 1. The number of aromatic nitrogens is 2. The van der Waals surface area contributed by atoms with Gasteiger partial charge in [-0.2, -0.15) is 10.4 Å². The summed E-state index contributed by atoms with van der Waals surface area (Å²) in [6, 6.07) is 7.95. The molecule has 0 amide bonds. The van der Waals surface area contributed by atoms with Gasteiger partial charge in [0.25, 0.3) is 0 Å². The van der Waals surface area contributed by atoms with E-state index in [0.717, 1.165) is 38.6 Å². The highest BCUT2D eigenvalue weighted by molar-refractivity contribution is 5.79. The molecule has 8 nitrogen and oxygen atoms in total. The molecule has 0 bridgehead atoms. The first-order valence-electron chi connectivity index (χ1n) is 10.5. The maximum Gasteiger partial charge on any atom is 0.190 e. The Hall–Kier alpha value is -3.12. The summed E-state index contributed by atoms with van der Waals surface area (Å²) in [4.78, 5) is 4.21. The second-order valence-electron chi connectivity index (χ2n) is 7.56. The number of nitrogen functional groups attached to an aromatic ring is 1. The SMILES string of the molecule is CN=C(NCCCOCC(C)C)NCCCc1nn(-c2ccc(F)cc2)c(N)c1C#N. The van der Waals surface area contributed by atoms with Crippen molar-refractivity contribution in [3.05, 3.63) is 41.3 Å². The molecule has 0 aliphatic heterocycles. The number of nitrogens with two attached hydrogens (primary N) is 1. The van der Waals surface area contributed by atoms with Crippen LogP contribution in [0.1, 0.15) is 37.9 Å². The van der Waals surface area contributed by atoms with Crippen molar-refractivity contribution in [1.29, 1.82) is 5.26 Å². The summed E-state index contributed by atoms with van der Waals surface area (Å²) in [5, 5.41) is 20.5. The van der Waals surface area contributed by atoms with E-state index in [9.17, 15) is 9.65 Å². The molecule has 0 unspecified atom stereocenters. The molecule has 168 valence electrons. The fourth-order valence-corrected chi connectivity index (χ4v) is 2.94. The molecule has 0 saturated heterocycles. The highest BCUT2D eigenvalue weighted by Crippen LogP contribution is 2.21. The molecule has 1 aromatic carbocycles. The molecular weight excluding hydrogens is 397 g/mol. The van der Waals surface area contributed by atoms with Gasteiger partial charge in [0.1, 0.15) is 23.3 Å². The summed E-state index contributed by atoms with van der Waals surface area (Å²) >= 11 is 0. The van der Waals surface area contributed by atoms with E-state index < -0.39 is 0 Å². The molecule has 0 saturated carbocycles. The van der Waals surface area contributed by atoms with Gasteiger partial charge >= 0.3 is 0 Å². The fourth-order valence-electron chi connectivity index (χ4n) is 2.94. The molecule has 2 aromatic rings. The Morgan fingerprint density at radius 3 is 2.55 bits per heavy atom. The van der Waals surface area contributed by atoms with E-state index in [0.29, 0.717) is 35.8 Å². The Morgan fingerprint density at radius 1 is 1.26 bits per heavy atom. The van der Waals surface area contributed by atoms with E-state index in [-0.39, 0.29) is 11.6 Å². The molecule has 31 heavy (non-hydrogen) atoms. The summed E-state index contributed by atoms with van der Waals surface area (Å²) in [5.74, 6) is 1.18. The summed E-state index contributed by atoms with van der Waals surface area (Å²) in [6.45, 7) is 7.19. The van der Waals surface area contributed by atoms with E-state index in [1.54, 1.807) is 19.2 Å². The third-order valence-corrected chi connectivity index (χ3v) is 4.49. The zero-order valence-corrected chi connectivity index (χ0v) is 18.5. The Morgan fingerprint density at radius 2 is 1.94 bits per heavy atom. The van der Waals surface area contributed by atoms with Gasteiger partial charge in [0, 0.05) is 33.4 Å². The predicted molar refractivity (Wildman–Crippen MR) is 121 cm³/mol. The minimum absolute atomic E-state index is 0.259. The summed E-state index contributed by atoms with van der Waals surface area (Å²) in [5.41, 5.74) is 7.68. The van der Waals surface area contributed by atoms with Crippen LogP contribution in [0.5, 0.6) is 0 Å². The molecule has 9 heteroatoms. The van der Waals surface area contributed by atoms with Crippen molar-refractivity contribution in [3.63, 3.8) is 0 Å². The maximum absolute atomic E-state index is 13.2. The zero-order chi connectivity index (χ0) is 22.6. The number of ether oxygens (including phenoxy) is 1. The van der Waals surface area contributed by atoms with Gasteiger partial charge < -0.3 is 21.1 Å². The van der Waals surface area contributed by atoms with Crippen LogP contribution < -0.4 is 16.4 Å². The molecule has 0 radical (unpaired) electrons. The number of hydrogen-bond donors (Lipinski definition) is 3. The van der Waals surface area contributed by atoms with Crippen LogP contribution in [0, 0.1) is 23.1 Å². The number of rotatable bonds is 11. The smallest absolute Gasteiger partial charge is 0.190 e. The first-order chi connectivity index (χ1) is 15.0. The topological polar surface area (TPSA) is 113 Å². The van der Waals surface area contributed by atoms with Crippen LogP contribution in [0.25, 0.3) is 5.69 Å². The number of nitrogens with zero attached hydrogens (tertiary/aromatic N) is 4. The van der Waals surface area contributed by atoms with Crippen LogP contribution in [0.15, 0.2) is 29.3 Å². The van der Waals surface area contributed by atoms with Gasteiger partial charge in [-0.15, -0.1) is 0 Å². The van der Waals surface area contributed by atoms with Crippen molar-refractivity contribution in [3.8, 4) is 11.8 Å². The highest BCUT2D eigenvalue weighted by Gasteiger charge is 2.16. The second kappa shape index (κ2) is 12.5. The number of nitriles is 1. The minimum atomic E-state index is -0.341. The molecule has 1 aromatic heterocycles. The lowest BCUT2D eigenvalue weighted by atomic mass is 10.1. The third-order valence-electron chi connectivity index (χ3n) is 4.49. The van der Waals surface area contributed by atoms with Gasteiger partial charge in [-0.05, 0) is 49.4 Å². The van der Waals surface area contributed by atoms with Gasteiger partial charge in [-0.25, -0.2) is 9.07 Å². The molecule has 0 fully saturated rings. The molecule has 0 aliphatic carbocycles. The number of aliphatic imine (C=N–C) groups is 1. The molecule has 1 heterocycles. The lowest BCUT2D eigenvalue weighted by Gasteiger charge is -2.12. The second-order valence-corrected chi connectivity index (χ2v) is 7.56. The van der Waals surface area contributed by atoms with Gasteiger partial charge in [-0.1, -0.05) is 13.8 Å². The Bertz CT molecular complexity index is 884. The van der Waals surface area contributed by atoms with Crippen LogP contribution >= 0.6 is 0 Å². The Labute approximate surface area is 183 Å². The highest BCUT2D eigenvalue weighted by atomic mass is 19.1. The molecule has 2 rings (SSSR count). The van der Waals surface area contributed by atoms with Crippen molar-refractivity contribution in [2.75, 3.05) is 39.1 Å². The summed E-state index contributed by atoms with van der Waals surface area (Å²) in [7, 11) is 1.73. The lowest BCUT2D eigenvalue weighted by Crippen LogP contribution is -2.38. The van der Waals surface area contributed by atoms with Gasteiger partial charge in [0.05, 0.1) is 11.4 Å². The predicted octanol–water partition coefficient (Wildman–Crippen LogP) is 2.63. The fraction of sp³-hybridized carbons (Fsp3) is 0.500. The molecule has 0 atom stereocenters.